The first kappa shape index (κ1) is 9.06. The van der Waals surface area contributed by atoms with Crippen LogP contribution in [-0.2, 0) is 7.05 Å². The molecule has 0 radical (unpaired) electrons. The molecule has 0 aliphatic heterocycles. The lowest BCUT2D eigenvalue weighted by atomic mass is 10.2. The van der Waals surface area contributed by atoms with E-state index in [4.69, 9.17) is 5.11 Å². The van der Waals surface area contributed by atoms with Gasteiger partial charge >= 0.3 is 0 Å². The highest BCUT2D eigenvalue weighted by atomic mass is 16.3. The predicted molar refractivity (Wildman–Crippen MR) is 47.9 cm³/mol. The fourth-order valence-corrected chi connectivity index (χ4v) is 0.869. The van der Waals surface area contributed by atoms with Gasteiger partial charge in [-0.05, 0) is 5.92 Å². The summed E-state index contributed by atoms with van der Waals surface area (Å²) in [5.41, 5.74) is 0.998. The number of aliphatic hydroxyl groups is 1. The quantitative estimate of drug-likeness (QED) is 0.688. The molecule has 1 unspecified atom stereocenters. The summed E-state index contributed by atoms with van der Waals surface area (Å²) in [6, 6.07) is 0. The first-order valence-electron chi connectivity index (χ1n) is 4.05. The van der Waals surface area contributed by atoms with Crippen molar-refractivity contribution in [3.63, 3.8) is 0 Å². The fourth-order valence-electron chi connectivity index (χ4n) is 0.869. The van der Waals surface area contributed by atoms with Crippen LogP contribution in [0.5, 0.6) is 0 Å². The normalized spacial score (nSPS) is 12.9. The van der Waals surface area contributed by atoms with E-state index >= 15 is 0 Å². The molecule has 68 valence electrons. The summed E-state index contributed by atoms with van der Waals surface area (Å²) >= 11 is 0. The Morgan fingerprint density at radius 3 is 3.00 bits per heavy atom. The topological polar surface area (TPSA) is 50.1 Å². The van der Waals surface area contributed by atoms with Crippen LogP contribution in [0.25, 0.3) is 0 Å². The Morgan fingerprint density at radius 1 is 1.75 bits per heavy atom. The van der Waals surface area contributed by atoms with Gasteiger partial charge in [0.05, 0.1) is 11.9 Å². The van der Waals surface area contributed by atoms with Crippen molar-refractivity contribution in [1.82, 2.24) is 9.78 Å². The Morgan fingerprint density at radius 2 is 2.50 bits per heavy atom. The number of hydrogen-bond donors (Lipinski definition) is 2. The van der Waals surface area contributed by atoms with Crippen molar-refractivity contribution in [2.75, 3.05) is 18.5 Å². The lowest BCUT2D eigenvalue weighted by Gasteiger charge is -2.07. The van der Waals surface area contributed by atoms with E-state index in [1.54, 1.807) is 10.9 Å². The molecule has 0 spiro atoms. The Labute approximate surface area is 72.2 Å². The van der Waals surface area contributed by atoms with Crippen LogP contribution in [0, 0.1) is 5.92 Å². The molecule has 0 aliphatic carbocycles. The van der Waals surface area contributed by atoms with E-state index in [-0.39, 0.29) is 12.5 Å². The molecule has 0 fully saturated rings. The van der Waals surface area contributed by atoms with Crippen LogP contribution >= 0.6 is 0 Å². The highest BCUT2D eigenvalue weighted by molar-refractivity contribution is 5.37. The maximum Gasteiger partial charge on any atom is 0.0726 e. The molecule has 1 aromatic rings. The van der Waals surface area contributed by atoms with E-state index < -0.39 is 0 Å². The average Bonchev–Trinajstić information content (AvgIpc) is 2.47. The second kappa shape index (κ2) is 4.11. The summed E-state index contributed by atoms with van der Waals surface area (Å²) in [7, 11) is 1.88. The monoisotopic (exact) mass is 169 g/mol. The minimum Gasteiger partial charge on any atom is -0.396 e. The van der Waals surface area contributed by atoms with Crippen molar-refractivity contribution in [2.24, 2.45) is 13.0 Å². The molecule has 0 saturated carbocycles. The Hall–Kier alpha value is -1.03. The average molecular weight is 169 g/mol. The number of aromatic nitrogens is 2. The zero-order chi connectivity index (χ0) is 8.97. The number of aryl methyl sites for hydroxylation is 1. The maximum atomic E-state index is 8.76. The summed E-state index contributed by atoms with van der Waals surface area (Å²) in [6.45, 7) is 2.98. The van der Waals surface area contributed by atoms with E-state index in [1.165, 1.54) is 0 Å². The molecule has 2 N–H and O–H groups in total. The third-order valence-electron chi connectivity index (χ3n) is 1.67. The zero-order valence-corrected chi connectivity index (χ0v) is 7.49. The molecule has 1 aromatic heterocycles. The standard InChI is InChI=1S/C8H15N3O/c1-7(6-12)3-9-8-4-10-11(2)5-8/h4-5,7,9,12H,3,6H2,1-2H3. The summed E-state index contributed by atoms with van der Waals surface area (Å²) < 4.78 is 1.74. The number of aliphatic hydroxyl groups excluding tert-OH is 1. The third kappa shape index (κ3) is 2.54. The number of hydrogen-bond acceptors (Lipinski definition) is 3. The van der Waals surface area contributed by atoms with Crippen LogP contribution < -0.4 is 5.32 Å². The molecule has 0 bridgehead atoms. The van der Waals surface area contributed by atoms with E-state index in [2.05, 4.69) is 10.4 Å². The van der Waals surface area contributed by atoms with Gasteiger partial charge in [0.15, 0.2) is 0 Å². The maximum absolute atomic E-state index is 8.76. The van der Waals surface area contributed by atoms with Gasteiger partial charge in [0.2, 0.25) is 0 Å². The van der Waals surface area contributed by atoms with Gasteiger partial charge in [0.1, 0.15) is 0 Å². The summed E-state index contributed by atoms with van der Waals surface area (Å²) in [6.07, 6.45) is 3.67. The van der Waals surface area contributed by atoms with Crippen molar-refractivity contribution in [2.45, 2.75) is 6.92 Å². The molecular weight excluding hydrogens is 154 g/mol. The molecule has 4 nitrogen and oxygen atoms in total. The number of nitrogens with one attached hydrogen (secondary N) is 1. The summed E-state index contributed by atoms with van der Waals surface area (Å²) in [5.74, 6) is 0.283. The van der Waals surface area contributed by atoms with Crippen molar-refractivity contribution in [3.05, 3.63) is 12.4 Å². The number of anilines is 1. The van der Waals surface area contributed by atoms with Crippen LogP contribution in [0.3, 0.4) is 0 Å². The van der Waals surface area contributed by atoms with Gasteiger partial charge in [0, 0.05) is 26.4 Å². The van der Waals surface area contributed by atoms with Crippen molar-refractivity contribution in [1.29, 1.82) is 0 Å². The lowest BCUT2D eigenvalue weighted by molar-refractivity contribution is 0.244. The second-order valence-corrected chi connectivity index (χ2v) is 3.07. The first-order valence-corrected chi connectivity index (χ1v) is 4.05. The van der Waals surface area contributed by atoms with E-state index in [1.807, 2.05) is 20.2 Å². The second-order valence-electron chi connectivity index (χ2n) is 3.07. The molecule has 0 aromatic carbocycles. The van der Waals surface area contributed by atoms with Gasteiger partial charge in [-0.1, -0.05) is 6.92 Å². The van der Waals surface area contributed by atoms with Crippen LogP contribution in [0.1, 0.15) is 6.92 Å². The minimum absolute atomic E-state index is 0.216. The SMILES string of the molecule is CC(CO)CNc1cnn(C)c1. The van der Waals surface area contributed by atoms with Crippen LogP contribution in [0.4, 0.5) is 5.69 Å². The Kier molecular flexibility index (Phi) is 3.10. The zero-order valence-electron chi connectivity index (χ0n) is 7.49. The van der Waals surface area contributed by atoms with Crippen molar-refractivity contribution >= 4 is 5.69 Å². The van der Waals surface area contributed by atoms with Gasteiger partial charge in [-0.25, -0.2) is 0 Å². The van der Waals surface area contributed by atoms with Gasteiger partial charge in [0.25, 0.3) is 0 Å². The Bertz CT molecular complexity index is 234. The van der Waals surface area contributed by atoms with Crippen LogP contribution in [-0.4, -0.2) is 28.0 Å². The molecule has 1 atom stereocenters. The van der Waals surface area contributed by atoms with Gasteiger partial charge < -0.3 is 10.4 Å². The highest BCUT2D eigenvalue weighted by Gasteiger charge is 1.99. The molecule has 1 rings (SSSR count). The molecule has 1 heterocycles. The van der Waals surface area contributed by atoms with E-state index in [9.17, 15) is 0 Å². The summed E-state index contributed by atoms with van der Waals surface area (Å²) in [5, 5.41) is 15.9. The Balaban J connectivity index is 2.33. The molecule has 0 aliphatic rings. The minimum atomic E-state index is 0.216. The molecule has 4 heteroatoms. The predicted octanol–water partition coefficient (Wildman–Crippen LogP) is 0.460. The van der Waals surface area contributed by atoms with Gasteiger partial charge in [-0.2, -0.15) is 5.10 Å². The van der Waals surface area contributed by atoms with Gasteiger partial charge in [-0.15, -0.1) is 0 Å². The van der Waals surface area contributed by atoms with Crippen molar-refractivity contribution in [3.8, 4) is 0 Å². The largest absolute Gasteiger partial charge is 0.396 e. The summed E-state index contributed by atoms with van der Waals surface area (Å²) in [4.78, 5) is 0. The molecule has 0 amide bonds. The smallest absolute Gasteiger partial charge is 0.0726 e. The fraction of sp³-hybridized carbons (Fsp3) is 0.625. The van der Waals surface area contributed by atoms with Crippen LogP contribution in [0.15, 0.2) is 12.4 Å². The highest BCUT2D eigenvalue weighted by Crippen LogP contribution is 2.04. The van der Waals surface area contributed by atoms with E-state index in [0.29, 0.717) is 0 Å². The van der Waals surface area contributed by atoms with Crippen LogP contribution in [0.2, 0.25) is 0 Å². The number of rotatable bonds is 4. The van der Waals surface area contributed by atoms with Gasteiger partial charge in [-0.3, -0.25) is 4.68 Å². The lowest BCUT2D eigenvalue weighted by Crippen LogP contribution is -2.13. The molecule has 12 heavy (non-hydrogen) atoms. The first-order chi connectivity index (χ1) is 5.72. The third-order valence-corrected chi connectivity index (χ3v) is 1.67. The molecule has 0 saturated heterocycles. The molecular formula is C8H15N3O. The number of nitrogens with zero attached hydrogens (tertiary/aromatic N) is 2. The van der Waals surface area contributed by atoms with E-state index in [0.717, 1.165) is 12.2 Å². The van der Waals surface area contributed by atoms with Crippen molar-refractivity contribution < 1.29 is 5.11 Å².